The summed E-state index contributed by atoms with van der Waals surface area (Å²) in [6.45, 7) is 14.4. The highest BCUT2D eigenvalue weighted by Crippen LogP contribution is 2.50. The fourth-order valence-corrected chi connectivity index (χ4v) is 8.33. The molecule has 17 heteroatoms. The fourth-order valence-electron chi connectivity index (χ4n) is 8.33. The molecule has 4 bridgehead atoms. The number of hydrogen-bond donors (Lipinski definition) is 4. The zero-order valence-corrected chi connectivity index (χ0v) is 38.4. The average molecular weight is 900 g/mol. The molecule has 2 amide bonds. The number of phenolic OH excluding ortho intramolecular Hbond substituents is 1. The molecule has 0 fully saturated rings. The monoisotopic (exact) mass is 899 g/mol. The van der Waals surface area contributed by atoms with E-state index in [2.05, 4.69) is 5.32 Å². The molecule has 6 rings (SSSR count). The first kappa shape index (κ1) is 48.2. The number of methoxy groups -OCH3 is 1. The van der Waals surface area contributed by atoms with Gasteiger partial charge in [-0.1, -0.05) is 45.9 Å². The van der Waals surface area contributed by atoms with Gasteiger partial charge in [0.2, 0.25) is 11.3 Å². The Hall–Kier alpha value is -6.30. The molecule has 0 spiro atoms. The van der Waals surface area contributed by atoms with Gasteiger partial charge in [0.25, 0.3) is 11.7 Å². The number of fused-ring (bicyclic) bond motifs is 2. The number of ketones is 1. The number of amides is 2. The molecule has 4 N–H and O–H groups in total. The molecular weight excluding hydrogens is 843 g/mol. The number of allylic oxidation sites excluding steroid dienone is 2. The van der Waals surface area contributed by atoms with Gasteiger partial charge < -0.3 is 53.6 Å². The number of aromatic hydroxyl groups is 1. The molecule has 0 unspecified atom stereocenters. The number of aromatic nitrogens is 1. The second-order valence-electron chi connectivity index (χ2n) is 17.1. The van der Waals surface area contributed by atoms with Crippen LogP contribution in [0.4, 0.5) is 5.69 Å². The van der Waals surface area contributed by atoms with Crippen LogP contribution in [0.15, 0.2) is 63.6 Å². The quantitative estimate of drug-likeness (QED) is 0.102. The van der Waals surface area contributed by atoms with E-state index in [4.69, 9.17) is 33.1 Å². The maximum atomic E-state index is 14.7. The number of Topliss-reactive ketones (excluding diaryl/α,β-unsaturated/α-hetero) is 1. The third kappa shape index (κ3) is 9.31. The van der Waals surface area contributed by atoms with Crippen LogP contribution >= 0.6 is 0 Å². The predicted molar refractivity (Wildman–Crippen MR) is 240 cm³/mol. The van der Waals surface area contributed by atoms with E-state index < -0.39 is 82.7 Å². The van der Waals surface area contributed by atoms with Crippen molar-refractivity contribution in [2.45, 2.75) is 92.5 Å². The number of esters is 1. The van der Waals surface area contributed by atoms with Gasteiger partial charge in [0, 0.05) is 81.2 Å². The molecule has 17 nitrogen and oxygen atoms in total. The van der Waals surface area contributed by atoms with Crippen LogP contribution in [0.5, 0.6) is 17.2 Å². The zero-order chi connectivity index (χ0) is 47.8. The van der Waals surface area contributed by atoms with E-state index in [9.17, 15) is 39.3 Å². The summed E-state index contributed by atoms with van der Waals surface area (Å²) in [5, 5.41) is 37.0. The highest BCUT2D eigenvalue weighted by atomic mass is 16.7. The van der Waals surface area contributed by atoms with Crippen molar-refractivity contribution < 1.29 is 62.6 Å². The van der Waals surface area contributed by atoms with Crippen molar-refractivity contribution in [1.82, 2.24) is 9.88 Å². The number of phenols is 1. The van der Waals surface area contributed by atoms with E-state index in [1.165, 1.54) is 71.1 Å². The number of carbonyl (C=O) groups is 4. The number of aliphatic hydroxyl groups excluding tert-OH is 2. The Morgan fingerprint density at radius 3 is 2.35 bits per heavy atom. The standard InChI is InChI=1S/C48H57N3O14/c1-22-13-12-14-23(2)47(59)50-38-42(57)35-34(37-45(38)64-33-21-30(15-16-31(33)49-37)61-20-18-51(10)28(7)52)36-44(27(6)41(35)56)65-48(9,46(36)58)62-19-17-32(60-11)24(3)43(63-29(8)53)26(5)40(55)25(4)39(22)54/h12-17,19,21-22,24-26,32,39-40,43,54-56H,18,20H2,1-11H3,(H,50,59)/b13-12+,19-17+,23-14-/t22-,24+,25+,26+,32-,39-,40+,43+,48-/m0/s1. The average Bonchev–Trinajstić information content (AvgIpc) is 3.53. The molecule has 9 atom stereocenters. The van der Waals surface area contributed by atoms with Crippen LogP contribution in [0.2, 0.25) is 0 Å². The number of ether oxygens (including phenoxy) is 5. The van der Waals surface area contributed by atoms with Crippen LogP contribution in [0.1, 0.15) is 71.3 Å². The molecule has 2 aromatic carbocycles. The maximum absolute atomic E-state index is 14.7. The Kier molecular flexibility index (Phi) is 14.1. The third-order valence-corrected chi connectivity index (χ3v) is 12.5. The van der Waals surface area contributed by atoms with Crippen molar-refractivity contribution in [1.29, 1.82) is 0 Å². The Morgan fingerprint density at radius 1 is 0.985 bits per heavy atom. The van der Waals surface area contributed by atoms with E-state index in [1.807, 2.05) is 0 Å². The molecule has 0 aromatic heterocycles. The van der Waals surface area contributed by atoms with Crippen molar-refractivity contribution >= 4 is 51.1 Å². The number of anilines is 1. The Bertz CT molecular complexity index is 2650. The lowest BCUT2D eigenvalue weighted by Crippen LogP contribution is -2.46. The SMILES string of the molecule is CO[C@H]1/C=C/O[C@@]2(C)Oc3c(C)c(O)c4c(=O)c(c5oc6cc(OCCN(C)C(C)=O)ccc6nc-5c4c3C2=O)NC(=O)/C(C)=C\C=C\[C@H](C)[C@H](O)[C@@H](C)[C@@H](O)[C@@H](C)[C@H](OC(C)=O)[C@@H]1C. The minimum Gasteiger partial charge on any atom is -0.507 e. The van der Waals surface area contributed by atoms with Gasteiger partial charge in [-0.25, -0.2) is 4.98 Å². The number of nitrogens with one attached hydrogen (secondary N) is 1. The normalized spacial score (nSPS) is 28.3. The molecule has 348 valence electrons. The predicted octanol–water partition coefficient (Wildman–Crippen LogP) is 5.81. The van der Waals surface area contributed by atoms with Gasteiger partial charge in [0.1, 0.15) is 46.9 Å². The van der Waals surface area contributed by atoms with Gasteiger partial charge in [-0.3, -0.25) is 24.0 Å². The topological polar surface area (TPSA) is 233 Å². The van der Waals surface area contributed by atoms with E-state index in [0.717, 1.165) is 0 Å². The second-order valence-corrected chi connectivity index (χ2v) is 17.1. The van der Waals surface area contributed by atoms with Crippen molar-refractivity contribution in [3.63, 3.8) is 0 Å². The van der Waals surface area contributed by atoms with Gasteiger partial charge in [-0.05, 0) is 32.1 Å². The lowest BCUT2D eigenvalue weighted by molar-refractivity contribution is -0.160. The molecule has 0 saturated carbocycles. The first-order valence-electron chi connectivity index (χ1n) is 21.4. The van der Waals surface area contributed by atoms with Crippen molar-refractivity contribution in [2.24, 2.45) is 23.7 Å². The summed E-state index contributed by atoms with van der Waals surface area (Å²) in [6.07, 6.45) is 3.45. The number of aliphatic hydroxyl groups is 2. The van der Waals surface area contributed by atoms with Gasteiger partial charge in [0.05, 0.1) is 42.1 Å². The van der Waals surface area contributed by atoms with Crippen molar-refractivity contribution in [3.05, 3.63) is 75.7 Å². The zero-order valence-electron chi connectivity index (χ0n) is 38.4. The smallest absolute Gasteiger partial charge is 0.312 e. The minimum atomic E-state index is -2.06. The summed E-state index contributed by atoms with van der Waals surface area (Å²) in [5.41, 5.74) is -0.863. The summed E-state index contributed by atoms with van der Waals surface area (Å²) in [6, 6.07) is 4.76. The van der Waals surface area contributed by atoms with Crippen LogP contribution < -0.4 is 20.2 Å². The summed E-state index contributed by atoms with van der Waals surface area (Å²) in [4.78, 5) is 73.8. The van der Waals surface area contributed by atoms with Crippen LogP contribution in [0.3, 0.4) is 0 Å². The molecule has 3 aliphatic heterocycles. The number of rotatable bonds is 6. The van der Waals surface area contributed by atoms with Crippen molar-refractivity contribution in [2.75, 3.05) is 32.6 Å². The van der Waals surface area contributed by atoms with Crippen LogP contribution in [-0.4, -0.2) is 106 Å². The maximum Gasteiger partial charge on any atom is 0.312 e. The van der Waals surface area contributed by atoms with Crippen LogP contribution in [-0.2, 0) is 28.6 Å². The second kappa shape index (κ2) is 19.0. The summed E-state index contributed by atoms with van der Waals surface area (Å²) < 4.78 is 36.1. The number of nitrogens with zero attached hydrogens (tertiary/aromatic N) is 2. The van der Waals surface area contributed by atoms with Crippen LogP contribution in [0.25, 0.3) is 33.3 Å². The Balaban J connectivity index is 1.56. The lowest BCUT2D eigenvalue weighted by atomic mass is 9.78. The van der Waals surface area contributed by atoms with Gasteiger partial charge >= 0.3 is 11.8 Å². The summed E-state index contributed by atoms with van der Waals surface area (Å²) >= 11 is 0. The molecule has 0 saturated heterocycles. The fraction of sp³-hybridized carbons (Fsp3) is 0.458. The van der Waals surface area contributed by atoms with E-state index in [-0.39, 0.29) is 74.0 Å². The van der Waals surface area contributed by atoms with Gasteiger partial charge in [-0.15, -0.1) is 0 Å². The highest BCUT2D eigenvalue weighted by molar-refractivity contribution is 6.22. The first-order valence-corrected chi connectivity index (χ1v) is 21.4. The number of benzene rings is 3. The summed E-state index contributed by atoms with van der Waals surface area (Å²) in [7, 11) is 3.08. The largest absolute Gasteiger partial charge is 0.507 e. The molecule has 3 heterocycles. The third-order valence-electron chi connectivity index (χ3n) is 12.5. The van der Waals surface area contributed by atoms with E-state index in [1.54, 1.807) is 59.0 Å². The number of hydrogen-bond acceptors (Lipinski definition) is 15. The highest BCUT2D eigenvalue weighted by Gasteiger charge is 2.50. The Morgan fingerprint density at radius 2 is 1.69 bits per heavy atom. The molecule has 1 aliphatic carbocycles. The van der Waals surface area contributed by atoms with Crippen LogP contribution in [0, 0.1) is 30.6 Å². The molecule has 65 heavy (non-hydrogen) atoms. The van der Waals surface area contributed by atoms with E-state index >= 15 is 0 Å². The van der Waals surface area contributed by atoms with Crippen molar-refractivity contribution in [3.8, 4) is 28.7 Å². The number of carbonyl (C=O) groups excluding carboxylic acids is 4. The van der Waals surface area contributed by atoms with E-state index in [0.29, 0.717) is 12.3 Å². The minimum absolute atomic E-state index is 0.0400. The summed E-state index contributed by atoms with van der Waals surface area (Å²) in [5.74, 6) is -7.28. The Labute approximate surface area is 376 Å². The van der Waals surface area contributed by atoms with Gasteiger partial charge in [0.15, 0.2) is 11.3 Å². The molecular formula is C48H57N3O14. The lowest BCUT2D eigenvalue weighted by Gasteiger charge is -2.38. The van der Waals surface area contributed by atoms with Gasteiger partial charge in [-0.2, -0.15) is 0 Å². The molecule has 2 aromatic rings. The molecule has 0 radical (unpaired) electrons. The number of likely N-dealkylation sites (N-methyl/N-ethyl adjacent to an activating group) is 1. The first-order chi connectivity index (χ1) is 30.6. The molecule has 4 aliphatic rings.